The predicted octanol–water partition coefficient (Wildman–Crippen LogP) is 2.34. The van der Waals surface area contributed by atoms with Crippen molar-refractivity contribution >= 4 is 11.9 Å². The van der Waals surface area contributed by atoms with Crippen molar-refractivity contribution in [2.45, 2.75) is 18.4 Å². The van der Waals surface area contributed by atoms with Crippen LogP contribution in [0.3, 0.4) is 0 Å². The molecule has 2 unspecified atom stereocenters. The van der Waals surface area contributed by atoms with E-state index >= 15 is 0 Å². The van der Waals surface area contributed by atoms with Gasteiger partial charge in [-0.1, -0.05) is 24.3 Å². The van der Waals surface area contributed by atoms with Gasteiger partial charge in [0.2, 0.25) is 5.91 Å². The zero-order valence-electron chi connectivity index (χ0n) is 14.1. The van der Waals surface area contributed by atoms with Crippen molar-refractivity contribution in [2.24, 2.45) is 5.92 Å². The van der Waals surface area contributed by atoms with Gasteiger partial charge in [0.25, 0.3) is 0 Å². The highest BCUT2D eigenvalue weighted by Gasteiger charge is 2.65. The van der Waals surface area contributed by atoms with Crippen molar-refractivity contribution in [1.29, 1.82) is 0 Å². The highest BCUT2D eigenvalue weighted by atomic mass is 19.1. The van der Waals surface area contributed by atoms with Gasteiger partial charge in [-0.05, 0) is 41.8 Å². The van der Waals surface area contributed by atoms with Gasteiger partial charge in [0.05, 0.1) is 13.0 Å². The van der Waals surface area contributed by atoms with E-state index < -0.39 is 23.2 Å². The quantitative estimate of drug-likeness (QED) is 0.470. The lowest BCUT2D eigenvalue weighted by Crippen LogP contribution is -2.31. The second-order valence-corrected chi connectivity index (χ2v) is 6.14. The summed E-state index contributed by atoms with van der Waals surface area (Å²) in [7, 11) is 1.25. The molecule has 1 aliphatic carbocycles. The fourth-order valence-electron chi connectivity index (χ4n) is 3.16. The molecule has 0 heterocycles. The van der Waals surface area contributed by atoms with Gasteiger partial charge in [-0.3, -0.25) is 14.8 Å². The maximum Gasteiger partial charge on any atom is 0.317 e. The SMILES string of the molecule is COC(=O)C1(c2cccc(OCc3cccc(F)c3)c2)CC1C(=O)NO. The van der Waals surface area contributed by atoms with E-state index in [1.165, 1.54) is 19.2 Å². The first kappa shape index (κ1) is 17.9. The van der Waals surface area contributed by atoms with E-state index in [4.69, 9.17) is 14.7 Å². The fourth-order valence-corrected chi connectivity index (χ4v) is 3.16. The average molecular weight is 359 g/mol. The second kappa shape index (κ2) is 7.13. The number of hydroxylamine groups is 1. The highest BCUT2D eigenvalue weighted by molar-refractivity contribution is 5.97. The van der Waals surface area contributed by atoms with Crippen LogP contribution in [-0.2, 0) is 26.3 Å². The Labute approximate surface area is 149 Å². The Hall–Kier alpha value is -2.93. The zero-order chi connectivity index (χ0) is 18.7. The molecule has 0 spiro atoms. The topological polar surface area (TPSA) is 84.9 Å². The van der Waals surface area contributed by atoms with Crippen LogP contribution in [0.15, 0.2) is 48.5 Å². The molecule has 136 valence electrons. The number of halogens is 1. The van der Waals surface area contributed by atoms with E-state index in [1.807, 2.05) is 0 Å². The molecule has 3 rings (SSSR count). The van der Waals surface area contributed by atoms with E-state index in [9.17, 15) is 14.0 Å². The lowest BCUT2D eigenvalue weighted by atomic mass is 9.92. The summed E-state index contributed by atoms with van der Waals surface area (Å²) in [5.41, 5.74) is 1.68. The molecule has 2 atom stereocenters. The van der Waals surface area contributed by atoms with E-state index in [0.717, 1.165) is 0 Å². The predicted molar refractivity (Wildman–Crippen MR) is 88.9 cm³/mol. The molecule has 1 fully saturated rings. The number of amides is 1. The maximum atomic E-state index is 13.2. The molecule has 2 aromatic rings. The smallest absolute Gasteiger partial charge is 0.317 e. The number of ether oxygens (including phenoxy) is 2. The van der Waals surface area contributed by atoms with Crippen LogP contribution in [0, 0.1) is 11.7 Å². The monoisotopic (exact) mass is 359 g/mol. The van der Waals surface area contributed by atoms with Gasteiger partial charge in [-0.25, -0.2) is 9.87 Å². The number of carbonyl (C=O) groups is 2. The Bertz CT molecular complexity index is 840. The number of methoxy groups -OCH3 is 1. The van der Waals surface area contributed by atoms with Crippen molar-refractivity contribution in [1.82, 2.24) is 5.48 Å². The molecular formula is C19H18FNO5. The number of hydrogen-bond acceptors (Lipinski definition) is 5. The van der Waals surface area contributed by atoms with Crippen molar-refractivity contribution in [3.05, 3.63) is 65.5 Å². The fraction of sp³-hybridized carbons (Fsp3) is 0.263. The summed E-state index contributed by atoms with van der Waals surface area (Å²) < 4.78 is 23.8. The maximum absolute atomic E-state index is 13.2. The summed E-state index contributed by atoms with van der Waals surface area (Å²) in [5, 5.41) is 8.86. The van der Waals surface area contributed by atoms with E-state index in [2.05, 4.69) is 0 Å². The summed E-state index contributed by atoms with van der Waals surface area (Å²) in [6.45, 7) is 0.160. The molecule has 0 bridgehead atoms. The van der Waals surface area contributed by atoms with Gasteiger partial charge >= 0.3 is 5.97 Å². The molecule has 0 aliphatic heterocycles. The number of benzene rings is 2. The van der Waals surface area contributed by atoms with Gasteiger partial charge in [0.1, 0.15) is 23.6 Å². The standard InChI is InChI=1S/C19H18FNO5/c1-25-18(23)19(10-16(19)17(22)21-24)13-5-3-7-15(9-13)26-11-12-4-2-6-14(20)8-12/h2-9,16,24H,10-11H2,1H3,(H,21,22). The third-order valence-corrected chi connectivity index (χ3v) is 4.58. The zero-order valence-corrected chi connectivity index (χ0v) is 14.1. The number of hydrogen-bond donors (Lipinski definition) is 2. The molecule has 26 heavy (non-hydrogen) atoms. The summed E-state index contributed by atoms with van der Waals surface area (Å²) >= 11 is 0. The van der Waals surface area contributed by atoms with Crippen molar-refractivity contribution in [3.8, 4) is 5.75 Å². The molecule has 0 radical (unpaired) electrons. The van der Waals surface area contributed by atoms with Gasteiger partial charge in [-0.15, -0.1) is 0 Å². The van der Waals surface area contributed by atoms with E-state index in [1.54, 1.807) is 41.9 Å². The number of rotatable bonds is 6. The summed E-state index contributed by atoms with van der Waals surface area (Å²) in [6, 6.07) is 12.8. The summed E-state index contributed by atoms with van der Waals surface area (Å²) in [6.07, 6.45) is 0.236. The third kappa shape index (κ3) is 3.25. The average Bonchev–Trinajstić information content (AvgIpc) is 3.42. The summed E-state index contributed by atoms with van der Waals surface area (Å²) in [4.78, 5) is 24.1. The second-order valence-electron chi connectivity index (χ2n) is 6.14. The first-order chi connectivity index (χ1) is 12.5. The lowest BCUT2D eigenvalue weighted by molar-refractivity contribution is -0.146. The minimum Gasteiger partial charge on any atom is -0.489 e. The molecule has 1 amide bonds. The Morgan fingerprint density at radius 3 is 2.73 bits per heavy atom. The normalized spacial score (nSPS) is 21.0. The molecule has 6 nitrogen and oxygen atoms in total. The van der Waals surface area contributed by atoms with Crippen LogP contribution in [0.4, 0.5) is 4.39 Å². The lowest BCUT2D eigenvalue weighted by Gasteiger charge is -2.16. The van der Waals surface area contributed by atoms with E-state index in [-0.39, 0.29) is 18.8 Å². The van der Waals surface area contributed by atoms with Crippen LogP contribution in [0.1, 0.15) is 17.5 Å². The Morgan fingerprint density at radius 1 is 1.27 bits per heavy atom. The number of carbonyl (C=O) groups excluding carboxylic acids is 2. The van der Waals surface area contributed by atoms with Crippen molar-refractivity contribution in [3.63, 3.8) is 0 Å². The van der Waals surface area contributed by atoms with Crippen LogP contribution in [0.2, 0.25) is 0 Å². The Morgan fingerprint density at radius 2 is 2.04 bits per heavy atom. The van der Waals surface area contributed by atoms with Crippen LogP contribution in [-0.4, -0.2) is 24.2 Å². The third-order valence-electron chi connectivity index (χ3n) is 4.58. The highest BCUT2D eigenvalue weighted by Crippen LogP contribution is 2.55. The molecule has 0 saturated heterocycles. The van der Waals surface area contributed by atoms with Crippen molar-refractivity contribution < 1.29 is 28.7 Å². The number of esters is 1. The van der Waals surface area contributed by atoms with Gasteiger partial charge in [-0.2, -0.15) is 0 Å². The molecule has 2 aromatic carbocycles. The van der Waals surface area contributed by atoms with Crippen LogP contribution in [0.25, 0.3) is 0 Å². The molecule has 1 aliphatic rings. The first-order valence-corrected chi connectivity index (χ1v) is 8.01. The molecule has 2 N–H and O–H groups in total. The van der Waals surface area contributed by atoms with E-state index in [0.29, 0.717) is 16.9 Å². The molecule has 0 aromatic heterocycles. The molecule has 7 heteroatoms. The van der Waals surface area contributed by atoms with Gasteiger partial charge in [0.15, 0.2) is 0 Å². The van der Waals surface area contributed by atoms with Crippen molar-refractivity contribution in [2.75, 3.05) is 7.11 Å². The molecular weight excluding hydrogens is 341 g/mol. The van der Waals surface area contributed by atoms with Crippen LogP contribution < -0.4 is 10.2 Å². The molecule has 1 saturated carbocycles. The minimum atomic E-state index is -1.14. The van der Waals surface area contributed by atoms with Crippen LogP contribution in [0.5, 0.6) is 5.75 Å². The van der Waals surface area contributed by atoms with Crippen LogP contribution >= 0.6 is 0 Å². The number of nitrogens with one attached hydrogen (secondary N) is 1. The minimum absolute atomic E-state index is 0.160. The first-order valence-electron chi connectivity index (χ1n) is 8.01. The largest absolute Gasteiger partial charge is 0.489 e. The Kier molecular flexibility index (Phi) is 4.90. The summed E-state index contributed by atoms with van der Waals surface area (Å²) in [5.74, 6) is -1.77. The Balaban J connectivity index is 1.81. The van der Waals surface area contributed by atoms with Gasteiger partial charge < -0.3 is 9.47 Å². The van der Waals surface area contributed by atoms with Gasteiger partial charge in [0, 0.05) is 0 Å².